The third-order valence-corrected chi connectivity index (χ3v) is 5.35. The normalized spacial score (nSPS) is 12.2. The first-order valence-corrected chi connectivity index (χ1v) is 9.17. The topological polar surface area (TPSA) is 31.2 Å². The molecule has 1 heterocycles. The van der Waals surface area contributed by atoms with Crippen LogP contribution in [0.2, 0.25) is 0 Å². The van der Waals surface area contributed by atoms with Crippen molar-refractivity contribution in [1.29, 1.82) is 0 Å². The number of hydrogen-bond donors (Lipinski definition) is 0. The van der Waals surface area contributed by atoms with E-state index in [2.05, 4.69) is 0 Å². The van der Waals surface area contributed by atoms with Crippen molar-refractivity contribution in [3.63, 3.8) is 0 Å². The van der Waals surface area contributed by atoms with Crippen LogP contribution in [0.25, 0.3) is 10.9 Å². The summed E-state index contributed by atoms with van der Waals surface area (Å²) in [6.07, 6.45) is 1.86. The van der Waals surface area contributed by atoms with Crippen LogP contribution in [0, 0.1) is 0 Å². The molecule has 1 atom stereocenters. The molecule has 1 unspecified atom stereocenters. The minimum Gasteiger partial charge on any atom is -0.489 e. The first-order chi connectivity index (χ1) is 12.3. The van der Waals surface area contributed by atoms with Gasteiger partial charge in [0.1, 0.15) is 12.4 Å². The van der Waals surface area contributed by atoms with Gasteiger partial charge in [-0.3, -0.25) is 3.97 Å². The summed E-state index contributed by atoms with van der Waals surface area (Å²) in [5, 5.41) is 1.01. The lowest BCUT2D eigenvalue weighted by Crippen LogP contribution is -2.03. The Bertz CT molecular complexity index is 1010. The third-order valence-electron chi connectivity index (χ3n) is 4.00. The Morgan fingerprint density at radius 1 is 0.840 bits per heavy atom. The summed E-state index contributed by atoms with van der Waals surface area (Å²) in [7, 11) is -1.25. The molecular weight excluding hydrogens is 330 g/mol. The molecule has 25 heavy (non-hydrogen) atoms. The predicted octanol–water partition coefficient (Wildman–Crippen LogP) is 4.79. The number of hydrogen-bond acceptors (Lipinski definition) is 2. The molecule has 124 valence electrons. The van der Waals surface area contributed by atoms with E-state index in [9.17, 15) is 4.21 Å². The monoisotopic (exact) mass is 347 g/mol. The maximum Gasteiger partial charge on any atom is 0.157 e. The quantitative estimate of drug-likeness (QED) is 0.520. The maximum atomic E-state index is 12.8. The van der Waals surface area contributed by atoms with Gasteiger partial charge in [0.25, 0.3) is 0 Å². The second-order valence-corrected chi connectivity index (χ2v) is 7.06. The first-order valence-electron chi connectivity index (χ1n) is 8.06. The van der Waals surface area contributed by atoms with Gasteiger partial charge in [0.2, 0.25) is 0 Å². The molecular formula is C21H17NO2S. The van der Waals surface area contributed by atoms with Gasteiger partial charge in [-0.2, -0.15) is 0 Å². The van der Waals surface area contributed by atoms with E-state index in [1.807, 2.05) is 91.1 Å². The van der Waals surface area contributed by atoms with Gasteiger partial charge in [0.15, 0.2) is 11.0 Å². The van der Waals surface area contributed by atoms with Crippen molar-refractivity contribution in [3.8, 4) is 5.75 Å². The fraction of sp³-hybridized carbons (Fsp3) is 0.0476. The summed E-state index contributed by atoms with van der Waals surface area (Å²) < 4.78 is 20.4. The van der Waals surface area contributed by atoms with Gasteiger partial charge in [-0.1, -0.05) is 48.5 Å². The SMILES string of the molecule is O=S(c1ccccc1)n1ccc2cc(OCc3ccccc3)ccc21. The summed E-state index contributed by atoms with van der Waals surface area (Å²) in [5.74, 6) is 0.805. The largest absolute Gasteiger partial charge is 0.489 e. The van der Waals surface area contributed by atoms with Crippen LogP contribution >= 0.6 is 0 Å². The average molecular weight is 347 g/mol. The van der Waals surface area contributed by atoms with Crippen molar-refractivity contribution in [2.75, 3.05) is 0 Å². The van der Waals surface area contributed by atoms with Gasteiger partial charge in [-0.25, -0.2) is 4.21 Å². The van der Waals surface area contributed by atoms with Gasteiger partial charge < -0.3 is 4.74 Å². The number of benzene rings is 3. The first kappa shape index (κ1) is 15.7. The van der Waals surface area contributed by atoms with Gasteiger partial charge in [0.05, 0.1) is 10.4 Å². The van der Waals surface area contributed by atoms with Crippen LogP contribution in [0.4, 0.5) is 0 Å². The van der Waals surface area contributed by atoms with Crippen LogP contribution in [-0.4, -0.2) is 8.18 Å². The minimum atomic E-state index is -1.25. The summed E-state index contributed by atoms with van der Waals surface area (Å²) in [6, 6.07) is 27.4. The summed E-state index contributed by atoms with van der Waals surface area (Å²) in [4.78, 5) is 0.782. The second-order valence-electron chi connectivity index (χ2n) is 5.70. The fourth-order valence-electron chi connectivity index (χ4n) is 2.72. The molecule has 0 aliphatic heterocycles. The molecule has 0 spiro atoms. The highest BCUT2D eigenvalue weighted by Crippen LogP contribution is 2.24. The third kappa shape index (κ3) is 3.35. The molecule has 1 aromatic heterocycles. The maximum absolute atomic E-state index is 12.8. The molecule has 0 amide bonds. The van der Waals surface area contributed by atoms with Crippen molar-refractivity contribution in [1.82, 2.24) is 3.97 Å². The molecule has 3 nitrogen and oxygen atoms in total. The van der Waals surface area contributed by atoms with Crippen molar-refractivity contribution in [2.24, 2.45) is 0 Å². The Kier molecular flexibility index (Phi) is 4.36. The van der Waals surface area contributed by atoms with Crippen LogP contribution in [0.1, 0.15) is 5.56 Å². The highest BCUT2D eigenvalue weighted by molar-refractivity contribution is 7.83. The molecule has 0 saturated carbocycles. The summed E-state index contributed by atoms with van der Waals surface area (Å²) in [6.45, 7) is 0.531. The van der Waals surface area contributed by atoms with E-state index >= 15 is 0 Å². The number of ether oxygens (including phenoxy) is 1. The molecule has 0 radical (unpaired) electrons. The molecule has 0 aliphatic carbocycles. The zero-order valence-corrected chi connectivity index (χ0v) is 14.4. The lowest BCUT2D eigenvalue weighted by molar-refractivity contribution is 0.306. The van der Waals surface area contributed by atoms with Crippen LogP contribution in [0.3, 0.4) is 0 Å². The summed E-state index contributed by atoms with van der Waals surface area (Å²) >= 11 is 0. The second kappa shape index (κ2) is 6.95. The van der Waals surface area contributed by atoms with Gasteiger partial charge in [-0.05, 0) is 42.0 Å². The Labute approximate surface area is 149 Å². The van der Waals surface area contributed by atoms with E-state index in [1.165, 1.54) is 0 Å². The van der Waals surface area contributed by atoms with E-state index in [-0.39, 0.29) is 0 Å². The van der Waals surface area contributed by atoms with Crippen molar-refractivity contribution in [3.05, 3.63) is 96.7 Å². The zero-order valence-electron chi connectivity index (χ0n) is 13.5. The van der Waals surface area contributed by atoms with Crippen molar-refractivity contribution in [2.45, 2.75) is 11.5 Å². The van der Waals surface area contributed by atoms with Crippen LogP contribution in [-0.2, 0) is 17.6 Å². The summed E-state index contributed by atoms with van der Waals surface area (Å²) in [5.41, 5.74) is 2.06. The molecule has 0 aliphatic rings. The molecule has 0 saturated heterocycles. The molecule has 0 fully saturated rings. The van der Waals surface area contributed by atoms with E-state index in [1.54, 1.807) is 3.97 Å². The smallest absolute Gasteiger partial charge is 0.157 e. The Balaban J connectivity index is 1.58. The molecule has 4 aromatic rings. The molecule has 4 rings (SSSR count). The fourth-order valence-corrected chi connectivity index (χ4v) is 3.85. The number of nitrogens with zero attached hydrogens (tertiary/aromatic N) is 1. The molecule has 4 heteroatoms. The highest BCUT2D eigenvalue weighted by atomic mass is 32.2. The standard InChI is InChI=1S/C21H17NO2S/c23-25(20-9-5-2-6-10-20)22-14-13-18-15-19(11-12-21(18)22)24-16-17-7-3-1-4-8-17/h1-15H,16H2. The minimum absolute atomic E-state index is 0.531. The van der Waals surface area contributed by atoms with Crippen LogP contribution < -0.4 is 4.74 Å². The van der Waals surface area contributed by atoms with E-state index in [0.717, 1.165) is 27.1 Å². The van der Waals surface area contributed by atoms with Gasteiger partial charge >= 0.3 is 0 Å². The van der Waals surface area contributed by atoms with E-state index in [4.69, 9.17) is 4.74 Å². The Morgan fingerprint density at radius 2 is 1.56 bits per heavy atom. The van der Waals surface area contributed by atoms with Crippen LogP contribution in [0.15, 0.2) is 96.0 Å². The number of fused-ring (bicyclic) bond motifs is 1. The molecule has 0 bridgehead atoms. The Morgan fingerprint density at radius 3 is 2.32 bits per heavy atom. The number of rotatable bonds is 5. The molecule has 0 N–H and O–H groups in total. The van der Waals surface area contributed by atoms with Gasteiger partial charge in [0, 0.05) is 11.6 Å². The van der Waals surface area contributed by atoms with Crippen molar-refractivity contribution >= 4 is 21.9 Å². The van der Waals surface area contributed by atoms with Crippen molar-refractivity contribution < 1.29 is 8.95 Å². The van der Waals surface area contributed by atoms with Crippen LogP contribution in [0.5, 0.6) is 5.75 Å². The Hall–Kier alpha value is -2.85. The lowest BCUT2D eigenvalue weighted by atomic mass is 10.2. The van der Waals surface area contributed by atoms with E-state index < -0.39 is 11.0 Å². The zero-order chi connectivity index (χ0) is 17.1. The number of aromatic nitrogens is 1. The average Bonchev–Trinajstić information content (AvgIpc) is 3.10. The van der Waals surface area contributed by atoms with E-state index in [0.29, 0.717) is 6.61 Å². The lowest BCUT2D eigenvalue weighted by Gasteiger charge is -2.08. The molecule has 3 aromatic carbocycles. The predicted molar refractivity (Wildman–Crippen MR) is 101 cm³/mol. The highest BCUT2D eigenvalue weighted by Gasteiger charge is 2.10. The van der Waals surface area contributed by atoms with Gasteiger partial charge in [-0.15, -0.1) is 0 Å².